The molecule has 0 aromatic rings. The molecule has 1 amide bonds. The van der Waals surface area contributed by atoms with E-state index in [0.717, 1.165) is 6.29 Å². The van der Waals surface area contributed by atoms with E-state index in [9.17, 15) is 9.59 Å². The van der Waals surface area contributed by atoms with Gasteiger partial charge in [-0.3, -0.25) is 4.79 Å². The molecule has 0 fully saturated rings. The Kier molecular flexibility index (Phi) is 2.57. The van der Waals surface area contributed by atoms with Crippen LogP contribution in [0.2, 0.25) is 0 Å². The van der Waals surface area contributed by atoms with Gasteiger partial charge >= 0.3 is 0 Å². The number of hydrogen-bond acceptors (Lipinski definition) is 2. The molecular weight excluding hydrogens is 130 g/mol. The van der Waals surface area contributed by atoms with Crippen molar-refractivity contribution in [3.8, 4) is 0 Å². The molecule has 0 aliphatic carbocycles. The predicted molar refractivity (Wildman–Crippen MR) is 38.6 cm³/mol. The van der Waals surface area contributed by atoms with Gasteiger partial charge in [0.1, 0.15) is 6.29 Å². The molecule has 0 saturated heterocycles. The Balaban J connectivity index is 4.31. The van der Waals surface area contributed by atoms with Crippen molar-refractivity contribution in [2.75, 3.05) is 7.05 Å². The van der Waals surface area contributed by atoms with Gasteiger partial charge in [0.2, 0.25) is 5.91 Å². The molecule has 3 heteroatoms. The fraction of sp³-hybridized carbons (Fsp3) is 0.714. The van der Waals surface area contributed by atoms with Gasteiger partial charge in [-0.05, 0) is 13.8 Å². The highest BCUT2D eigenvalue weighted by Gasteiger charge is 2.23. The van der Waals surface area contributed by atoms with Gasteiger partial charge in [0.15, 0.2) is 0 Å². The van der Waals surface area contributed by atoms with Crippen molar-refractivity contribution in [2.45, 2.75) is 26.3 Å². The first-order valence-corrected chi connectivity index (χ1v) is 3.12. The molecule has 0 aromatic heterocycles. The van der Waals surface area contributed by atoms with Crippen LogP contribution in [0.3, 0.4) is 0 Å². The van der Waals surface area contributed by atoms with E-state index in [4.69, 9.17) is 0 Å². The van der Waals surface area contributed by atoms with E-state index in [-0.39, 0.29) is 5.91 Å². The van der Waals surface area contributed by atoms with Crippen molar-refractivity contribution in [2.24, 2.45) is 0 Å². The van der Waals surface area contributed by atoms with Crippen molar-refractivity contribution in [3.63, 3.8) is 0 Å². The Morgan fingerprint density at radius 3 is 2.00 bits per heavy atom. The number of carbonyl (C=O) groups is 2. The van der Waals surface area contributed by atoms with Gasteiger partial charge in [0.05, 0.1) is 5.54 Å². The molecule has 0 saturated carbocycles. The summed E-state index contributed by atoms with van der Waals surface area (Å²) in [7, 11) is 1.61. The highest BCUT2D eigenvalue weighted by atomic mass is 16.2. The standard InChI is InChI=1S/C7H13NO2/c1-6(10)8(4)7(2,3)5-9/h5H,1-4H3. The summed E-state index contributed by atoms with van der Waals surface area (Å²) >= 11 is 0. The zero-order chi connectivity index (χ0) is 8.36. The molecule has 3 nitrogen and oxygen atoms in total. The molecule has 0 bridgehead atoms. The predicted octanol–water partition coefficient (Wildman–Crippen LogP) is 0.442. The minimum Gasteiger partial charge on any atom is -0.334 e. The minimum atomic E-state index is -0.675. The molecule has 0 atom stereocenters. The third-order valence-corrected chi connectivity index (χ3v) is 1.63. The quantitative estimate of drug-likeness (QED) is 0.526. The van der Waals surface area contributed by atoms with Crippen LogP contribution in [0.4, 0.5) is 0 Å². The number of aldehydes is 1. The lowest BCUT2D eigenvalue weighted by atomic mass is 10.1. The average molecular weight is 143 g/mol. The molecule has 0 spiro atoms. The molecule has 0 aliphatic heterocycles. The fourth-order valence-electron chi connectivity index (χ4n) is 0.485. The SMILES string of the molecule is CC(=O)N(C)C(C)(C)C=O. The number of amides is 1. The molecule has 58 valence electrons. The maximum Gasteiger partial charge on any atom is 0.219 e. The Morgan fingerprint density at radius 2 is 1.90 bits per heavy atom. The number of nitrogens with zero attached hydrogens (tertiary/aromatic N) is 1. The molecular formula is C7H13NO2. The lowest BCUT2D eigenvalue weighted by molar-refractivity contribution is -0.136. The van der Waals surface area contributed by atoms with Gasteiger partial charge in [-0.1, -0.05) is 0 Å². The number of carbonyl (C=O) groups excluding carboxylic acids is 2. The van der Waals surface area contributed by atoms with Crippen LogP contribution in [-0.2, 0) is 9.59 Å². The molecule has 0 aliphatic rings. The van der Waals surface area contributed by atoms with Gasteiger partial charge in [-0.25, -0.2) is 0 Å². The summed E-state index contributed by atoms with van der Waals surface area (Å²) in [6.07, 6.45) is 0.758. The van der Waals surface area contributed by atoms with Crippen molar-refractivity contribution in [1.29, 1.82) is 0 Å². The molecule has 0 unspecified atom stereocenters. The summed E-state index contributed by atoms with van der Waals surface area (Å²) in [5, 5.41) is 0. The fourth-order valence-corrected chi connectivity index (χ4v) is 0.485. The summed E-state index contributed by atoms with van der Waals surface area (Å²) in [5.74, 6) is -0.0999. The molecule has 0 heterocycles. The molecule has 0 aromatic carbocycles. The van der Waals surface area contributed by atoms with Crippen LogP contribution in [0.5, 0.6) is 0 Å². The second kappa shape index (κ2) is 2.82. The Morgan fingerprint density at radius 1 is 1.50 bits per heavy atom. The smallest absolute Gasteiger partial charge is 0.219 e. The first-order valence-electron chi connectivity index (χ1n) is 3.12. The summed E-state index contributed by atoms with van der Waals surface area (Å²) in [6, 6.07) is 0. The Labute approximate surface area is 61.0 Å². The van der Waals surface area contributed by atoms with E-state index in [2.05, 4.69) is 0 Å². The van der Waals surface area contributed by atoms with Crippen molar-refractivity contribution in [1.82, 2.24) is 4.90 Å². The van der Waals surface area contributed by atoms with Crippen LogP contribution in [0, 0.1) is 0 Å². The van der Waals surface area contributed by atoms with E-state index < -0.39 is 5.54 Å². The van der Waals surface area contributed by atoms with E-state index in [0.29, 0.717) is 0 Å². The maximum atomic E-state index is 10.7. The van der Waals surface area contributed by atoms with E-state index in [1.54, 1.807) is 20.9 Å². The Hall–Kier alpha value is -0.860. The topological polar surface area (TPSA) is 37.4 Å². The Bertz CT molecular complexity index is 152. The van der Waals surface area contributed by atoms with E-state index >= 15 is 0 Å². The molecule has 0 radical (unpaired) electrons. The van der Waals surface area contributed by atoms with Gasteiger partial charge < -0.3 is 9.69 Å². The first-order chi connectivity index (χ1) is 4.41. The summed E-state index contributed by atoms with van der Waals surface area (Å²) < 4.78 is 0. The molecule has 0 N–H and O–H groups in total. The van der Waals surface area contributed by atoms with Crippen LogP contribution >= 0.6 is 0 Å². The zero-order valence-electron chi connectivity index (χ0n) is 6.84. The van der Waals surface area contributed by atoms with E-state index in [1.807, 2.05) is 0 Å². The van der Waals surface area contributed by atoms with Crippen LogP contribution in [0.1, 0.15) is 20.8 Å². The van der Waals surface area contributed by atoms with Crippen molar-refractivity contribution < 1.29 is 9.59 Å². The maximum absolute atomic E-state index is 10.7. The minimum absolute atomic E-state index is 0.0999. The van der Waals surface area contributed by atoms with Crippen molar-refractivity contribution >= 4 is 12.2 Å². The summed E-state index contributed by atoms with van der Waals surface area (Å²) in [4.78, 5) is 22.5. The lowest BCUT2D eigenvalue weighted by Crippen LogP contribution is -2.45. The van der Waals surface area contributed by atoms with Gasteiger partial charge in [-0.15, -0.1) is 0 Å². The van der Waals surface area contributed by atoms with Crippen LogP contribution < -0.4 is 0 Å². The van der Waals surface area contributed by atoms with Crippen LogP contribution in [-0.4, -0.2) is 29.7 Å². The second-order valence-corrected chi connectivity index (χ2v) is 2.85. The zero-order valence-corrected chi connectivity index (χ0v) is 6.84. The van der Waals surface area contributed by atoms with Gasteiger partial charge in [0, 0.05) is 14.0 Å². The number of likely N-dealkylation sites (N-methyl/N-ethyl adjacent to an activating group) is 1. The number of rotatable bonds is 2. The summed E-state index contributed by atoms with van der Waals surface area (Å²) in [5.41, 5.74) is -0.675. The summed E-state index contributed by atoms with van der Waals surface area (Å²) in [6.45, 7) is 4.83. The van der Waals surface area contributed by atoms with Crippen molar-refractivity contribution in [3.05, 3.63) is 0 Å². The highest BCUT2D eigenvalue weighted by Crippen LogP contribution is 2.07. The van der Waals surface area contributed by atoms with Gasteiger partial charge in [-0.2, -0.15) is 0 Å². The average Bonchev–Trinajstić information content (AvgIpc) is 1.86. The lowest BCUT2D eigenvalue weighted by Gasteiger charge is -2.29. The van der Waals surface area contributed by atoms with Crippen LogP contribution in [0.25, 0.3) is 0 Å². The van der Waals surface area contributed by atoms with Gasteiger partial charge in [0.25, 0.3) is 0 Å². The molecule has 0 rings (SSSR count). The third kappa shape index (κ3) is 1.83. The molecule has 10 heavy (non-hydrogen) atoms. The number of hydrogen-bond donors (Lipinski definition) is 0. The second-order valence-electron chi connectivity index (χ2n) is 2.85. The normalized spacial score (nSPS) is 10.8. The monoisotopic (exact) mass is 143 g/mol. The largest absolute Gasteiger partial charge is 0.334 e. The van der Waals surface area contributed by atoms with E-state index in [1.165, 1.54) is 11.8 Å². The highest BCUT2D eigenvalue weighted by molar-refractivity contribution is 5.79. The third-order valence-electron chi connectivity index (χ3n) is 1.63. The van der Waals surface area contributed by atoms with Crippen LogP contribution in [0.15, 0.2) is 0 Å². The first kappa shape index (κ1) is 9.14.